The molecule has 8 nitrogen and oxygen atoms in total. The fourth-order valence-corrected chi connectivity index (χ4v) is 3.46. The lowest BCUT2D eigenvalue weighted by Gasteiger charge is -2.19. The summed E-state index contributed by atoms with van der Waals surface area (Å²) in [6.07, 6.45) is 2.05. The number of halogens is 1. The molecule has 0 aliphatic heterocycles. The minimum Gasteiger partial charge on any atom is -0.444 e. The lowest BCUT2D eigenvalue weighted by Crippen LogP contribution is -2.26. The van der Waals surface area contributed by atoms with Crippen LogP contribution in [0.5, 0.6) is 0 Å². The summed E-state index contributed by atoms with van der Waals surface area (Å²) in [5.41, 5.74) is 0.619. The van der Waals surface area contributed by atoms with Crippen LogP contribution in [0.15, 0.2) is 71.9 Å². The Hall–Kier alpha value is -3.43. The smallest absolute Gasteiger partial charge is 0.342 e. The number of non-ortho nitro benzene ring substituents is 1. The second kappa shape index (κ2) is 10.1. The van der Waals surface area contributed by atoms with Crippen LogP contribution in [0.4, 0.5) is 11.4 Å². The van der Waals surface area contributed by atoms with Crippen LogP contribution < -0.4 is 5.32 Å². The average molecular weight is 458 g/mol. The molecule has 1 atom stereocenters. The average Bonchev–Trinajstić information content (AvgIpc) is 2.78. The highest BCUT2D eigenvalue weighted by Crippen LogP contribution is 2.29. The van der Waals surface area contributed by atoms with Gasteiger partial charge in [-0.15, -0.1) is 11.8 Å². The first kappa shape index (κ1) is 22.3. The number of hydrogen-bond donors (Lipinski definition) is 1. The van der Waals surface area contributed by atoms with E-state index >= 15 is 0 Å². The zero-order valence-electron chi connectivity index (χ0n) is 16.2. The van der Waals surface area contributed by atoms with Crippen molar-refractivity contribution in [2.45, 2.75) is 11.1 Å². The van der Waals surface area contributed by atoms with E-state index in [0.29, 0.717) is 10.6 Å². The number of carbonyl (C=O) groups excluding carboxylic acids is 2. The molecule has 0 fully saturated rings. The van der Waals surface area contributed by atoms with Gasteiger partial charge in [-0.05, 0) is 24.5 Å². The predicted octanol–water partition coefficient (Wildman–Crippen LogP) is 4.90. The second-order valence-corrected chi connectivity index (χ2v) is 7.37. The topological polar surface area (TPSA) is 111 Å². The van der Waals surface area contributed by atoms with Crippen LogP contribution >= 0.6 is 23.4 Å². The molecule has 1 aromatic heterocycles. The minimum absolute atomic E-state index is 0.0161. The van der Waals surface area contributed by atoms with Gasteiger partial charge in [-0.25, -0.2) is 9.78 Å². The van der Waals surface area contributed by atoms with Gasteiger partial charge in [-0.1, -0.05) is 41.9 Å². The number of hydrogen-bond acceptors (Lipinski definition) is 7. The molecule has 0 saturated heterocycles. The monoisotopic (exact) mass is 457 g/mol. The molecule has 1 unspecified atom stereocenters. The predicted molar refractivity (Wildman–Crippen MR) is 117 cm³/mol. The lowest BCUT2D eigenvalue weighted by atomic mass is 10.1. The van der Waals surface area contributed by atoms with Crippen molar-refractivity contribution in [2.75, 3.05) is 11.6 Å². The molecule has 3 aromatic rings. The first-order valence-electron chi connectivity index (χ1n) is 8.90. The Bertz CT molecular complexity index is 1130. The Kier molecular flexibility index (Phi) is 7.22. The fourth-order valence-electron chi connectivity index (χ4n) is 2.70. The van der Waals surface area contributed by atoms with Crippen molar-refractivity contribution in [1.82, 2.24) is 4.98 Å². The summed E-state index contributed by atoms with van der Waals surface area (Å²) in [4.78, 5) is 40.2. The maximum Gasteiger partial charge on any atom is 0.342 e. The maximum absolute atomic E-state index is 13.0. The number of nitro benzene ring substituents is 1. The third kappa shape index (κ3) is 5.39. The van der Waals surface area contributed by atoms with E-state index in [1.54, 1.807) is 54.9 Å². The third-order valence-corrected chi connectivity index (χ3v) is 5.20. The Morgan fingerprint density at radius 1 is 1.16 bits per heavy atom. The van der Waals surface area contributed by atoms with Gasteiger partial charge < -0.3 is 10.1 Å². The molecule has 1 heterocycles. The van der Waals surface area contributed by atoms with Crippen LogP contribution in [-0.2, 0) is 9.53 Å². The van der Waals surface area contributed by atoms with Crippen molar-refractivity contribution in [1.29, 1.82) is 0 Å². The van der Waals surface area contributed by atoms with Crippen LogP contribution in [0.3, 0.4) is 0 Å². The van der Waals surface area contributed by atoms with Crippen LogP contribution in [0.1, 0.15) is 22.0 Å². The third-order valence-electron chi connectivity index (χ3n) is 4.17. The minimum atomic E-state index is -1.28. The molecule has 1 amide bonds. The van der Waals surface area contributed by atoms with Gasteiger partial charge in [0, 0.05) is 23.9 Å². The van der Waals surface area contributed by atoms with Gasteiger partial charge in [-0.3, -0.25) is 14.9 Å². The van der Waals surface area contributed by atoms with E-state index in [1.807, 2.05) is 0 Å². The number of benzene rings is 2. The summed E-state index contributed by atoms with van der Waals surface area (Å²) in [6.45, 7) is 0. The summed E-state index contributed by atoms with van der Waals surface area (Å²) in [5, 5.41) is 13.9. The lowest BCUT2D eigenvalue weighted by molar-refractivity contribution is -0.384. The van der Waals surface area contributed by atoms with Gasteiger partial charge in [0.2, 0.25) is 6.10 Å². The first-order valence-corrected chi connectivity index (χ1v) is 10.5. The van der Waals surface area contributed by atoms with Gasteiger partial charge in [0.1, 0.15) is 5.03 Å². The highest BCUT2D eigenvalue weighted by Gasteiger charge is 2.27. The molecule has 158 valence electrons. The standard InChI is InChI=1S/C21H16ClN3O5S/c1-31-20-15(8-5-11-23-20)21(27)30-18(13-6-3-2-4-7-13)19(26)24-17-10-9-14(25(28)29)12-16(17)22/h2-12,18H,1H3,(H,24,26). The molecule has 0 bridgehead atoms. The molecule has 0 aliphatic rings. The molecule has 0 saturated carbocycles. The van der Waals surface area contributed by atoms with Crippen LogP contribution in [0.2, 0.25) is 5.02 Å². The number of esters is 1. The molecular formula is C21H16ClN3O5S. The van der Waals surface area contributed by atoms with Crippen molar-refractivity contribution < 1.29 is 19.2 Å². The number of nitrogens with zero attached hydrogens (tertiary/aromatic N) is 2. The summed E-state index contributed by atoms with van der Waals surface area (Å²) >= 11 is 7.35. The fraction of sp³-hybridized carbons (Fsp3) is 0.0952. The number of rotatable bonds is 7. The van der Waals surface area contributed by atoms with Crippen molar-refractivity contribution in [3.63, 3.8) is 0 Å². The largest absolute Gasteiger partial charge is 0.444 e. The van der Waals surface area contributed by atoms with Crippen LogP contribution in [0, 0.1) is 10.1 Å². The van der Waals surface area contributed by atoms with Gasteiger partial charge in [-0.2, -0.15) is 0 Å². The van der Waals surface area contributed by atoms with Gasteiger partial charge in [0.15, 0.2) is 0 Å². The van der Waals surface area contributed by atoms with Gasteiger partial charge >= 0.3 is 5.97 Å². The second-order valence-electron chi connectivity index (χ2n) is 6.17. The molecule has 31 heavy (non-hydrogen) atoms. The summed E-state index contributed by atoms with van der Waals surface area (Å²) in [6, 6.07) is 15.3. The zero-order valence-corrected chi connectivity index (χ0v) is 17.7. The number of anilines is 1. The molecule has 10 heteroatoms. The Morgan fingerprint density at radius 3 is 2.55 bits per heavy atom. The molecule has 2 aromatic carbocycles. The van der Waals surface area contributed by atoms with Gasteiger partial charge in [0.05, 0.1) is 21.2 Å². The van der Waals surface area contributed by atoms with Crippen molar-refractivity contribution in [3.8, 4) is 0 Å². The Morgan fingerprint density at radius 2 is 1.90 bits per heavy atom. The first-order chi connectivity index (χ1) is 14.9. The number of thioether (sulfide) groups is 1. The summed E-state index contributed by atoms with van der Waals surface area (Å²) < 4.78 is 5.55. The molecule has 1 N–H and O–H groups in total. The Labute approximate surface area is 186 Å². The van der Waals surface area contributed by atoms with Crippen molar-refractivity contribution >= 4 is 46.6 Å². The summed E-state index contributed by atoms with van der Waals surface area (Å²) in [5.74, 6) is -1.37. The number of aromatic nitrogens is 1. The van der Waals surface area contributed by atoms with E-state index in [1.165, 1.54) is 23.9 Å². The van der Waals surface area contributed by atoms with E-state index in [9.17, 15) is 19.7 Å². The Balaban J connectivity index is 1.88. The maximum atomic E-state index is 13.0. The van der Waals surface area contributed by atoms with E-state index in [-0.39, 0.29) is 22.0 Å². The quantitative estimate of drug-likeness (QED) is 0.232. The highest BCUT2D eigenvalue weighted by molar-refractivity contribution is 7.98. The van der Waals surface area contributed by atoms with Crippen molar-refractivity contribution in [3.05, 3.63) is 93.1 Å². The SMILES string of the molecule is CSc1ncccc1C(=O)OC(C(=O)Nc1ccc([N+](=O)[O-])cc1Cl)c1ccccc1. The molecule has 0 radical (unpaired) electrons. The number of amides is 1. The molecule has 0 aliphatic carbocycles. The number of ether oxygens (including phenoxy) is 1. The van der Waals surface area contributed by atoms with Crippen LogP contribution in [-0.4, -0.2) is 28.0 Å². The van der Waals surface area contributed by atoms with Crippen LogP contribution in [0.25, 0.3) is 0 Å². The van der Waals surface area contributed by atoms with E-state index in [4.69, 9.17) is 16.3 Å². The number of nitro groups is 1. The van der Waals surface area contributed by atoms with E-state index < -0.39 is 22.9 Å². The normalized spacial score (nSPS) is 11.4. The summed E-state index contributed by atoms with van der Waals surface area (Å²) in [7, 11) is 0. The molecular weight excluding hydrogens is 442 g/mol. The molecule has 0 spiro atoms. The van der Waals surface area contributed by atoms with E-state index in [0.717, 1.165) is 6.07 Å². The van der Waals surface area contributed by atoms with E-state index in [2.05, 4.69) is 10.3 Å². The number of nitrogens with one attached hydrogen (secondary N) is 1. The van der Waals surface area contributed by atoms with Gasteiger partial charge in [0.25, 0.3) is 11.6 Å². The number of pyridine rings is 1. The number of carbonyl (C=O) groups is 2. The van der Waals surface area contributed by atoms with Crippen molar-refractivity contribution in [2.24, 2.45) is 0 Å². The zero-order chi connectivity index (χ0) is 22.4. The highest BCUT2D eigenvalue weighted by atomic mass is 35.5. The molecule has 3 rings (SSSR count).